The van der Waals surface area contributed by atoms with E-state index in [0.29, 0.717) is 10.6 Å². The van der Waals surface area contributed by atoms with E-state index < -0.39 is 7.92 Å². The van der Waals surface area contributed by atoms with Crippen molar-refractivity contribution in [1.82, 2.24) is 0 Å². The SMILES string of the molecule is Cc1ccccc1P(c1ccc(C#N)c(C#N)c1C#N)c1ccc(C#N)c(C#N)c1C#N. The summed E-state index contributed by atoms with van der Waals surface area (Å²) in [5.74, 6) is 0. The van der Waals surface area contributed by atoms with Crippen LogP contribution in [0.15, 0.2) is 48.5 Å². The Bertz CT molecular complexity index is 1420. The molecule has 0 aliphatic heterocycles. The van der Waals surface area contributed by atoms with Gasteiger partial charge in [0, 0.05) is 10.6 Å². The van der Waals surface area contributed by atoms with Gasteiger partial charge in [0.2, 0.25) is 0 Å². The van der Waals surface area contributed by atoms with Gasteiger partial charge in [-0.3, -0.25) is 0 Å². The minimum absolute atomic E-state index is 0.0266. The number of nitrogens with zero attached hydrogens (tertiary/aromatic N) is 6. The van der Waals surface area contributed by atoms with Crippen LogP contribution in [-0.4, -0.2) is 0 Å². The largest absolute Gasteiger partial charge is 0.192 e. The highest BCUT2D eigenvalue weighted by Gasteiger charge is 2.28. The van der Waals surface area contributed by atoms with E-state index in [0.717, 1.165) is 10.9 Å². The van der Waals surface area contributed by atoms with Gasteiger partial charge in [0.05, 0.1) is 33.4 Å². The van der Waals surface area contributed by atoms with E-state index in [1.54, 1.807) is 12.1 Å². The van der Waals surface area contributed by atoms with Gasteiger partial charge in [-0.1, -0.05) is 36.4 Å². The molecule has 0 bridgehead atoms. The summed E-state index contributed by atoms with van der Waals surface area (Å²) in [4.78, 5) is 0. The maximum absolute atomic E-state index is 9.91. The molecular formula is C25H11N6P. The second-order valence-electron chi connectivity index (χ2n) is 6.56. The quantitative estimate of drug-likeness (QED) is 0.589. The summed E-state index contributed by atoms with van der Waals surface area (Å²) in [5, 5.41) is 59.7. The number of hydrogen-bond donors (Lipinski definition) is 0. The number of aryl methyl sites for hydroxylation is 1. The molecule has 3 aromatic carbocycles. The molecule has 0 radical (unpaired) electrons. The molecule has 6 nitrogen and oxygen atoms in total. The van der Waals surface area contributed by atoms with Crippen molar-refractivity contribution in [2.24, 2.45) is 0 Å². The summed E-state index contributed by atoms with van der Waals surface area (Å²) in [5.41, 5.74) is 1.15. The average molecular weight is 426 g/mol. The average Bonchev–Trinajstić information content (AvgIpc) is 2.83. The maximum Gasteiger partial charge on any atom is 0.102 e. The highest BCUT2D eigenvalue weighted by molar-refractivity contribution is 7.80. The molecule has 7 heteroatoms. The van der Waals surface area contributed by atoms with Crippen LogP contribution < -0.4 is 15.9 Å². The summed E-state index contributed by atoms with van der Waals surface area (Å²) < 4.78 is 0. The van der Waals surface area contributed by atoms with Gasteiger partial charge in [-0.2, -0.15) is 31.6 Å². The Balaban J connectivity index is 2.52. The van der Waals surface area contributed by atoms with Crippen LogP contribution in [0.3, 0.4) is 0 Å². The standard InChI is InChI=1S/C25H11N6P/c1-16-4-2-3-5-23(16)32(24-8-6-17(10-26)19(12-28)21(24)14-30)25-9-7-18(11-27)20(13-29)22(25)15-31/h2-9H,1H3. The fourth-order valence-electron chi connectivity index (χ4n) is 3.40. The van der Waals surface area contributed by atoms with Crippen molar-refractivity contribution in [3.05, 3.63) is 87.5 Å². The first-order valence-electron chi connectivity index (χ1n) is 9.16. The lowest BCUT2D eigenvalue weighted by Gasteiger charge is -2.24. The van der Waals surface area contributed by atoms with E-state index in [9.17, 15) is 31.6 Å². The van der Waals surface area contributed by atoms with Gasteiger partial charge in [0.15, 0.2) is 0 Å². The van der Waals surface area contributed by atoms with Gasteiger partial charge in [0.25, 0.3) is 0 Å². The van der Waals surface area contributed by atoms with Crippen LogP contribution in [0.4, 0.5) is 0 Å². The van der Waals surface area contributed by atoms with Crippen molar-refractivity contribution in [2.45, 2.75) is 6.92 Å². The van der Waals surface area contributed by atoms with Gasteiger partial charge in [-0.05, 0) is 37.8 Å². The van der Waals surface area contributed by atoms with E-state index in [1.807, 2.05) is 55.5 Å². The molecule has 0 atom stereocenters. The minimum Gasteiger partial charge on any atom is -0.192 e. The van der Waals surface area contributed by atoms with Gasteiger partial charge in [0.1, 0.15) is 36.4 Å². The molecule has 3 aromatic rings. The zero-order valence-electron chi connectivity index (χ0n) is 16.7. The summed E-state index contributed by atoms with van der Waals surface area (Å²) in [6, 6.07) is 25.6. The third-order valence-electron chi connectivity index (χ3n) is 4.89. The molecule has 3 rings (SSSR count). The highest BCUT2D eigenvalue weighted by atomic mass is 31.1. The van der Waals surface area contributed by atoms with Crippen LogP contribution in [0.25, 0.3) is 0 Å². The Kier molecular flexibility index (Phi) is 6.27. The van der Waals surface area contributed by atoms with Crippen LogP contribution in [0, 0.1) is 74.9 Å². The van der Waals surface area contributed by atoms with Gasteiger partial charge < -0.3 is 0 Å². The number of rotatable bonds is 3. The third kappa shape index (κ3) is 3.53. The molecule has 0 saturated heterocycles. The molecule has 0 aromatic heterocycles. The molecule has 32 heavy (non-hydrogen) atoms. The smallest absolute Gasteiger partial charge is 0.102 e. The van der Waals surface area contributed by atoms with E-state index >= 15 is 0 Å². The Hall–Kier alpha value is -4.97. The molecule has 0 amide bonds. The summed E-state index contributed by atoms with van der Waals surface area (Å²) in [6.45, 7) is 1.90. The first-order valence-corrected chi connectivity index (χ1v) is 10.5. The predicted molar refractivity (Wildman–Crippen MR) is 118 cm³/mol. The highest BCUT2D eigenvalue weighted by Crippen LogP contribution is 2.38. The van der Waals surface area contributed by atoms with E-state index in [2.05, 4.69) is 12.1 Å². The lowest BCUT2D eigenvalue weighted by atomic mass is 10.0. The predicted octanol–water partition coefficient (Wildman–Crippen LogP) is 2.98. The fourth-order valence-corrected chi connectivity index (χ4v) is 6.06. The molecule has 0 aliphatic carbocycles. The van der Waals surface area contributed by atoms with Crippen molar-refractivity contribution in [2.75, 3.05) is 0 Å². The molecule has 0 N–H and O–H groups in total. The van der Waals surface area contributed by atoms with E-state index in [1.165, 1.54) is 12.1 Å². The first-order chi connectivity index (χ1) is 15.6. The van der Waals surface area contributed by atoms with Gasteiger partial charge in [-0.15, -0.1) is 0 Å². The molecule has 0 saturated carbocycles. The van der Waals surface area contributed by atoms with Gasteiger partial charge >= 0.3 is 0 Å². The molecule has 146 valence electrons. The number of nitriles is 6. The number of hydrogen-bond acceptors (Lipinski definition) is 6. The normalized spacial score (nSPS) is 9.50. The Morgan fingerprint density at radius 2 is 0.938 bits per heavy atom. The summed E-state index contributed by atoms with van der Waals surface area (Å²) in [7, 11) is -1.56. The summed E-state index contributed by atoms with van der Waals surface area (Å²) in [6.07, 6.45) is 0. The molecule has 0 fully saturated rings. The van der Waals surface area contributed by atoms with Crippen LogP contribution in [0.1, 0.15) is 38.9 Å². The molecule has 0 heterocycles. The lowest BCUT2D eigenvalue weighted by molar-refractivity contribution is 1.40. The Morgan fingerprint density at radius 3 is 1.31 bits per heavy atom. The van der Waals surface area contributed by atoms with Crippen LogP contribution in [-0.2, 0) is 0 Å². The van der Waals surface area contributed by atoms with E-state index in [-0.39, 0.29) is 33.4 Å². The Morgan fingerprint density at radius 1 is 0.500 bits per heavy atom. The second kappa shape index (κ2) is 9.23. The van der Waals surface area contributed by atoms with Crippen molar-refractivity contribution < 1.29 is 0 Å². The summed E-state index contributed by atoms with van der Waals surface area (Å²) >= 11 is 0. The molecule has 0 unspecified atom stereocenters. The van der Waals surface area contributed by atoms with Gasteiger partial charge in [-0.25, -0.2) is 0 Å². The molecule has 0 aliphatic rings. The maximum atomic E-state index is 9.91. The van der Waals surface area contributed by atoms with Crippen molar-refractivity contribution in [3.63, 3.8) is 0 Å². The monoisotopic (exact) mass is 426 g/mol. The fraction of sp³-hybridized carbons (Fsp3) is 0.0400. The van der Waals surface area contributed by atoms with Crippen LogP contribution >= 0.6 is 7.92 Å². The van der Waals surface area contributed by atoms with Crippen molar-refractivity contribution in [1.29, 1.82) is 31.6 Å². The lowest BCUT2D eigenvalue weighted by Crippen LogP contribution is -2.27. The van der Waals surface area contributed by atoms with E-state index in [4.69, 9.17) is 0 Å². The second-order valence-corrected chi connectivity index (χ2v) is 8.67. The van der Waals surface area contributed by atoms with Crippen LogP contribution in [0.2, 0.25) is 0 Å². The Labute approximate surface area is 186 Å². The van der Waals surface area contributed by atoms with Crippen molar-refractivity contribution in [3.8, 4) is 36.4 Å². The number of benzene rings is 3. The third-order valence-corrected chi connectivity index (χ3v) is 7.59. The minimum atomic E-state index is -1.56. The first kappa shape index (κ1) is 21.7. The topological polar surface area (TPSA) is 143 Å². The zero-order chi connectivity index (χ0) is 23.3. The molecule has 0 spiro atoms. The molecular weight excluding hydrogens is 415 g/mol. The van der Waals surface area contributed by atoms with Crippen LogP contribution in [0.5, 0.6) is 0 Å². The zero-order valence-corrected chi connectivity index (χ0v) is 17.6. The van der Waals surface area contributed by atoms with Crippen molar-refractivity contribution >= 4 is 23.8 Å².